The number of rotatable bonds is 2. The van der Waals surface area contributed by atoms with Gasteiger partial charge in [-0.15, -0.1) is 0 Å². The molecule has 0 saturated heterocycles. The van der Waals surface area contributed by atoms with Gasteiger partial charge in [-0.3, -0.25) is 9.78 Å². The van der Waals surface area contributed by atoms with Crippen LogP contribution in [-0.2, 0) is 0 Å². The lowest BCUT2D eigenvalue weighted by Crippen LogP contribution is -2.12. The Kier molecular flexibility index (Phi) is 2.72. The van der Waals surface area contributed by atoms with E-state index in [2.05, 4.69) is 15.3 Å². The van der Waals surface area contributed by atoms with E-state index in [0.29, 0.717) is 11.5 Å². The van der Waals surface area contributed by atoms with Gasteiger partial charge in [0.2, 0.25) is 5.95 Å². The lowest BCUT2D eigenvalue weighted by molar-refractivity contribution is 1.08. The fourth-order valence-corrected chi connectivity index (χ4v) is 1.36. The van der Waals surface area contributed by atoms with Gasteiger partial charge < -0.3 is 5.32 Å². The van der Waals surface area contributed by atoms with E-state index in [1.54, 1.807) is 13.1 Å². The topological polar surface area (TPSA) is 57.8 Å². The summed E-state index contributed by atoms with van der Waals surface area (Å²) in [6, 6.07) is 7.83. The molecule has 0 radical (unpaired) electrons. The number of para-hydroxylation sites is 1. The number of aryl methyl sites for hydroxylation is 2. The molecule has 2 aromatic rings. The van der Waals surface area contributed by atoms with Crippen LogP contribution in [0.3, 0.4) is 0 Å². The van der Waals surface area contributed by atoms with Crippen molar-refractivity contribution in [2.75, 3.05) is 5.32 Å². The molecule has 0 aliphatic heterocycles. The maximum absolute atomic E-state index is 11.4. The molecule has 0 aliphatic rings. The van der Waals surface area contributed by atoms with E-state index in [1.807, 2.05) is 31.2 Å². The van der Waals surface area contributed by atoms with Crippen LogP contribution in [0.15, 0.2) is 35.3 Å². The third-order valence-corrected chi connectivity index (χ3v) is 2.38. The molecule has 1 aromatic carbocycles. The quantitative estimate of drug-likeness (QED) is 0.806. The number of hydrogen-bond acceptors (Lipinski definition) is 3. The normalized spacial score (nSPS) is 10.1. The molecule has 0 bridgehead atoms. The van der Waals surface area contributed by atoms with E-state index in [1.165, 1.54) is 0 Å². The number of H-pyrrole nitrogens is 1. The fraction of sp³-hybridized carbons (Fsp3) is 0.167. The van der Waals surface area contributed by atoms with Crippen molar-refractivity contribution in [2.45, 2.75) is 13.8 Å². The zero-order valence-electron chi connectivity index (χ0n) is 9.24. The van der Waals surface area contributed by atoms with E-state index in [-0.39, 0.29) is 5.56 Å². The molecule has 4 heteroatoms. The molecule has 2 rings (SSSR count). The number of anilines is 2. The van der Waals surface area contributed by atoms with E-state index < -0.39 is 0 Å². The zero-order chi connectivity index (χ0) is 11.5. The maximum atomic E-state index is 11.4. The van der Waals surface area contributed by atoms with Gasteiger partial charge in [-0.1, -0.05) is 18.2 Å². The third-order valence-electron chi connectivity index (χ3n) is 2.38. The Morgan fingerprint density at radius 3 is 2.62 bits per heavy atom. The molecule has 82 valence electrons. The van der Waals surface area contributed by atoms with Crippen LogP contribution in [0.1, 0.15) is 11.1 Å². The van der Waals surface area contributed by atoms with E-state index in [0.717, 1.165) is 11.3 Å². The number of benzene rings is 1. The van der Waals surface area contributed by atoms with Crippen molar-refractivity contribution >= 4 is 11.6 Å². The predicted molar refractivity (Wildman–Crippen MR) is 64.1 cm³/mol. The highest BCUT2D eigenvalue weighted by Gasteiger charge is 2.00. The highest BCUT2D eigenvalue weighted by Crippen LogP contribution is 2.16. The van der Waals surface area contributed by atoms with Crippen LogP contribution >= 0.6 is 0 Å². The molecule has 0 amide bonds. The van der Waals surface area contributed by atoms with Crippen molar-refractivity contribution in [3.8, 4) is 0 Å². The summed E-state index contributed by atoms with van der Waals surface area (Å²) in [5, 5.41) is 3.07. The summed E-state index contributed by atoms with van der Waals surface area (Å²) in [6.45, 7) is 3.72. The summed E-state index contributed by atoms with van der Waals surface area (Å²) in [5.74, 6) is 0.463. The minimum atomic E-state index is -0.119. The van der Waals surface area contributed by atoms with Crippen molar-refractivity contribution in [3.63, 3.8) is 0 Å². The van der Waals surface area contributed by atoms with Crippen molar-refractivity contribution < 1.29 is 0 Å². The first kappa shape index (κ1) is 10.4. The maximum Gasteiger partial charge on any atom is 0.255 e. The van der Waals surface area contributed by atoms with Gasteiger partial charge in [0, 0.05) is 17.4 Å². The first-order valence-electron chi connectivity index (χ1n) is 5.05. The van der Waals surface area contributed by atoms with Crippen LogP contribution in [0.5, 0.6) is 0 Å². The summed E-state index contributed by atoms with van der Waals surface area (Å²) in [5.41, 5.74) is 2.53. The Labute approximate surface area is 93.4 Å². The molecule has 0 fully saturated rings. The van der Waals surface area contributed by atoms with Gasteiger partial charge in [0.25, 0.3) is 5.56 Å². The lowest BCUT2D eigenvalue weighted by Gasteiger charge is -2.07. The van der Waals surface area contributed by atoms with Gasteiger partial charge in [-0.05, 0) is 25.5 Å². The number of aromatic nitrogens is 2. The Morgan fingerprint density at radius 2 is 1.94 bits per heavy atom. The van der Waals surface area contributed by atoms with Crippen molar-refractivity contribution in [2.24, 2.45) is 0 Å². The van der Waals surface area contributed by atoms with E-state index in [4.69, 9.17) is 0 Å². The minimum Gasteiger partial charge on any atom is -0.325 e. The van der Waals surface area contributed by atoms with Crippen LogP contribution < -0.4 is 10.9 Å². The SMILES string of the molecule is Cc1ccccc1Nc1ncc(C)c(=O)[nH]1. The molecule has 4 nitrogen and oxygen atoms in total. The average molecular weight is 215 g/mol. The Balaban J connectivity index is 2.31. The molecule has 0 atom stereocenters. The summed E-state index contributed by atoms with van der Waals surface area (Å²) in [4.78, 5) is 18.2. The van der Waals surface area contributed by atoms with Crippen LogP contribution in [-0.4, -0.2) is 9.97 Å². The van der Waals surface area contributed by atoms with Gasteiger partial charge in [-0.2, -0.15) is 0 Å². The fourth-order valence-electron chi connectivity index (χ4n) is 1.36. The largest absolute Gasteiger partial charge is 0.325 e. The molecule has 0 aliphatic carbocycles. The summed E-state index contributed by atoms with van der Waals surface area (Å²) in [6.07, 6.45) is 1.56. The minimum absolute atomic E-state index is 0.119. The smallest absolute Gasteiger partial charge is 0.255 e. The van der Waals surface area contributed by atoms with Crippen LogP contribution in [0.25, 0.3) is 0 Å². The molecule has 16 heavy (non-hydrogen) atoms. The highest BCUT2D eigenvalue weighted by atomic mass is 16.1. The monoisotopic (exact) mass is 215 g/mol. The molecule has 0 saturated carbocycles. The van der Waals surface area contributed by atoms with Gasteiger partial charge >= 0.3 is 0 Å². The van der Waals surface area contributed by atoms with Crippen LogP contribution in [0.2, 0.25) is 0 Å². The molecular weight excluding hydrogens is 202 g/mol. The number of hydrogen-bond donors (Lipinski definition) is 2. The highest BCUT2D eigenvalue weighted by molar-refractivity contribution is 5.57. The standard InChI is InChI=1S/C12H13N3O/c1-8-5-3-4-6-10(8)14-12-13-7-9(2)11(16)15-12/h3-7H,1-2H3,(H2,13,14,15,16). The molecule has 2 N–H and O–H groups in total. The second-order valence-corrected chi connectivity index (χ2v) is 3.68. The zero-order valence-corrected chi connectivity index (χ0v) is 9.24. The predicted octanol–water partition coefficient (Wildman–Crippen LogP) is 2.13. The Hall–Kier alpha value is -2.10. The molecule has 1 heterocycles. The molecule has 1 aromatic heterocycles. The average Bonchev–Trinajstić information content (AvgIpc) is 2.27. The van der Waals surface area contributed by atoms with Crippen LogP contribution in [0, 0.1) is 13.8 Å². The van der Waals surface area contributed by atoms with Crippen molar-refractivity contribution in [1.29, 1.82) is 0 Å². The first-order valence-corrected chi connectivity index (χ1v) is 5.05. The Morgan fingerprint density at radius 1 is 1.19 bits per heavy atom. The van der Waals surface area contributed by atoms with Gasteiger partial charge in [0.1, 0.15) is 0 Å². The van der Waals surface area contributed by atoms with Gasteiger partial charge in [0.15, 0.2) is 0 Å². The van der Waals surface area contributed by atoms with E-state index >= 15 is 0 Å². The molecule has 0 unspecified atom stereocenters. The van der Waals surface area contributed by atoms with Gasteiger partial charge in [0.05, 0.1) is 0 Å². The van der Waals surface area contributed by atoms with Crippen molar-refractivity contribution in [1.82, 2.24) is 9.97 Å². The van der Waals surface area contributed by atoms with E-state index in [9.17, 15) is 4.79 Å². The number of nitrogens with one attached hydrogen (secondary N) is 2. The lowest BCUT2D eigenvalue weighted by atomic mass is 10.2. The summed E-state index contributed by atoms with van der Waals surface area (Å²) in [7, 11) is 0. The number of nitrogens with zero attached hydrogens (tertiary/aromatic N) is 1. The summed E-state index contributed by atoms with van der Waals surface area (Å²) < 4.78 is 0. The molecule has 0 spiro atoms. The van der Waals surface area contributed by atoms with Crippen molar-refractivity contribution in [3.05, 3.63) is 51.9 Å². The first-order chi connectivity index (χ1) is 7.66. The number of aromatic amines is 1. The van der Waals surface area contributed by atoms with Gasteiger partial charge in [-0.25, -0.2) is 4.98 Å². The van der Waals surface area contributed by atoms with Crippen LogP contribution in [0.4, 0.5) is 11.6 Å². The second-order valence-electron chi connectivity index (χ2n) is 3.68. The summed E-state index contributed by atoms with van der Waals surface area (Å²) >= 11 is 0. The Bertz CT molecular complexity index is 560. The third kappa shape index (κ3) is 2.11. The second kappa shape index (κ2) is 4.18. The molecular formula is C12H13N3O.